The molecular weight excluding hydrogens is 284 g/mol. The molecule has 8 heteroatoms. The third-order valence-electron chi connectivity index (χ3n) is 2.39. The highest BCUT2D eigenvalue weighted by molar-refractivity contribution is 6.30. The lowest BCUT2D eigenvalue weighted by Gasteiger charge is -2.07. The van der Waals surface area contributed by atoms with E-state index >= 15 is 0 Å². The number of nitrogens with zero attached hydrogens (tertiary/aromatic N) is 3. The van der Waals surface area contributed by atoms with Crippen molar-refractivity contribution in [1.29, 1.82) is 0 Å². The lowest BCUT2D eigenvalue weighted by molar-refractivity contribution is -0.385. The molecule has 0 unspecified atom stereocenters. The second kappa shape index (κ2) is 5.70. The fraction of sp³-hybridized carbons (Fsp3) is 0.167. The fourth-order valence-corrected chi connectivity index (χ4v) is 1.78. The Labute approximate surface area is 119 Å². The van der Waals surface area contributed by atoms with Crippen molar-refractivity contribution in [3.05, 3.63) is 50.9 Å². The van der Waals surface area contributed by atoms with Crippen LogP contribution in [0.25, 0.3) is 0 Å². The molecule has 7 nitrogen and oxygen atoms in total. The highest BCUT2D eigenvalue weighted by Gasteiger charge is 2.16. The predicted molar refractivity (Wildman–Crippen MR) is 73.6 cm³/mol. The molecule has 0 fully saturated rings. The highest BCUT2D eigenvalue weighted by atomic mass is 35.5. The summed E-state index contributed by atoms with van der Waals surface area (Å²) in [5.74, 6) is 0.775. The Morgan fingerprint density at radius 3 is 2.80 bits per heavy atom. The van der Waals surface area contributed by atoms with Crippen molar-refractivity contribution in [3.63, 3.8) is 0 Å². The van der Waals surface area contributed by atoms with Crippen LogP contribution in [0.4, 0.5) is 11.5 Å². The van der Waals surface area contributed by atoms with Gasteiger partial charge in [0.15, 0.2) is 11.6 Å². The number of nitro groups is 1. The van der Waals surface area contributed by atoms with Crippen LogP contribution in [0.1, 0.15) is 11.5 Å². The van der Waals surface area contributed by atoms with Gasteiger partial charge < -0.3 is 10.5 Å². The predicted octanol–water partition coefficient (Wildman–Crippen LogP) is 2.51. The Hall–Kier alpha value is -2.41. The first-order valence-electron chi connectivity index (χ1n) is 5.62. The molecule has 0 radical (unpaired) electrons. The Morgan fingerprint density at radius 1 is 1.40 bits per heavy atom. The van der Waals surface area contributed by atoms with Crippen molar-refractivity contribution < 1.29 is 9.66 Å². The van der Waals surface area contributed by atoms with Crippen LogP contribution in [-0.2, 0) is 6.61 Å². The number of aromatic nitrogens is 2. The zero-order valence-corrected chi connectivity index (χ0v) is 11.3. The lowest BCUT2D eigenvalue weighted by Crippen LogP contribution is -2.06. The van der Waals surface area contributed by atoms with Crippen molar-refractivity contribution >= 4 is 23.1 Å². The van der Waals surface area contributed by atoms with E-state index in [0.717, 1.165) is 0 Å². The van der Waals surface area contributed by atoms with Gasteiger partial charge in [0.1, 0.15) is 12.4 Å². The second-order valence-electron chi connectivity index (χ2n) is 4.01. The van der Waals surface area contributed by atoms with Crippen LogP contribution < -0.4 is 10.5 Å². The number of rotatable bonds is 4. The molecule has 2 N–H and O–H groups in total. The molecule has 0 aliphatic rings. The largest absolute Gasteiger partial charge is 0.479 e. The van der Waals surface area contributed by atoms with Gasteiger partial charge in [-0.15, -0.1) is 0 Å². The number of nitro benzene ring substituents is 1. The molecule has 20 heavy (non-hydrogen) atoms. The number of aryl methyl sites for hydroxylation is 1. The van der Waals surface area contributed by atoms with Gasteiger partial charge in [-0.2, -0.15) is 0 Å². The van der Waals surface area contributed by atoms with E-state index in [4.69, 9.17) is 22.1 Å². The van der Waals surface area contributed by atoms with E-state index in [9.17, 15) is 10.1 Å². The maximum atomic E-state index is 10.9. The molecule has 0 aliphatic heterocycles. The summed E-state index contributed by atoms with van der Waals surface area (Å²) in [7, 11) is 0. The Kier molecular flexibility index (Phi) is 3.99. The first kappa shape index (κ1) is 14.0. The smallest absolute Gasteiger partial charge is 0.312 e. The molecule has 2 rings (SSSR count). The number of nitrogens with two attached hydrogens (primary N) is 1. The molecule has 0 spiro atoms. The highest BCUT2D eigenvalue weighted by Crippen LogP contribution is 2.30. The zero-order valence-electron chi connectivity index (χ0n) is 10.5. The van der Waals surface area contributed by atoms with Crippen LogP contribution in [0, 0.1) is 17.0 Å². The summed E-state index contributed by atoms with van der Waals surface area (Å²) < 4.78 is 5.37. The summed E-state index contributed by atoms with van der Waals surface area (Å²) in [5.41, 5.74) is 6.08. The van der Waals surface area contributed by atoms with Gasteiger partial charge in [-0.3, -0.25) is 10.1 Å². The van der Waals surface area contributed by atoms with Gasteiger partial charge in [-0.1, -0.05) is 11.6 Å². The number of anilines is 1. The van der Waals surface area contributed by atoms with E-state index in [1.54, 1.807) is 13.0 Å². The topological polar surface area (TPSA) is 104 Å². The number of hydrogen-bond acceptors (Lipinski definition) is 6. The summed E-state index contributed by atoms with van der Waals surface area (Å²) in [6.07, 6.45) is 0. The molecule has 0 aliphatic carbocycles. The van der Waals surface area contributed by atoms with Crippen LogP contribution in [0.5, 0.6) is 5.75 Å². The number of benzene rings is 1. The number of halogens is 1. The summed E-state index contributed by atoms with van der Waals surface area (Å²) >= 11 is 5.72. The van der Waals surface area contributed by atoms with Crippen molar-refractivity contribution in [2.75, 3.05) is 5.73 Å². The van der Waals surface area contributed by atoms with Gasteiger partial charge in [0, 0.05) is 22.8 Å². The third kappa shape index (κ3) is 3.33. The van der Waals surface area contributed by atoms with Crippen LogP contribution in [0.2, 0.25) is 5.02 Å². The van der Waals surface area contributed by atoms with E-state index in [1.807, 2.05) is 0 Å². The molecule has 0 saturated carbocycles. The second-order valence-corrected chi connectivity index (χ2v) is 4.44. The third-order valence-corrected chi connectivity index (χ3v) is 2.63. The molecule has 0 saturated heterocycles. The van der Waals surface area contributed by atoms with Gasteiger partial charge in [-0.25, -0.2) is 9.97 Å². The molecule has 104 valence electrons. The number of ether oxygens (including phenoxy) is 1. The van der Waals surface area contributed by atoms with E-state index in [1.165, 1.54) is 18.2 Å². The average Bonchev–Trinajstić information content (AvgIpc) is 2.36. The number of nitrogen functional groups attached to an aromatic ring is 1. The maximum absolute atomic E-state index is 10.9. The molecule has 0 bridgehead atoms. The van der Waals surface area contributed by atoms with Crippen LogP contribution >= 0.6 is 11.6 Å². The van der Waals surface area contributed by atoms with Crippen molar-refractivity contribution in [3.8, 4) is 5.75 Å². The van der Waals surface area contributed by atoms with Crippen molar-refractivity contribution in [1.82, 2.24) is 9.97 Å². The lowest BCUT2D eigenvalue weighted by atomic mass is 10.3. The van der Waals surface area contributed by atoms with E-state index in [2.05, 4.69) is 9.97 Å². The van der Waals surface area contributed by atoms with E-state index in [0.29, 0.717) is 17.3 Å². The fourth-order valence-electron chi connectivity index (χ4n) is 1.62. The van der Waals surface area contributed by atoms with Gasteiger partial charge in [0.05, 0.1) is 4.92 Å². The van der Waals surface area contributed by atoms with Gasteiger partial charge >= 0.3 is 5.69 Å². The minimum Gasteiger partial charge on any atom is -0.479 e. The molecule has 1 aromatic carbocycles. The molecule has 2 aromatic rings. The van der Waals surface area contributed by atoms with Crippen molar-refractivity contribution in [2.45, 2.75) is 13.5 Å². The minimum atomic E-state index is -0.563. The molecular formula is C12H11ClN4O3. The standard InChI is InChI=1S/C12H11ClN4O3/c1-7-4-11(14)16-12(15-7)6-20-10-3-2-8(13)5-9(10)17(18)19/h2-5H,6H2,1H3,(H2,14,15,16). The SMILES string of the molecule is Cc1cc(N)nc(COc2ccc(Cl)cc2[N+](=O)[O-])n1. The Morgan fingerprint density at radius 2 is 2.15 bits per heavy atom. The van der Waals surface area contributed by atoms with Crippen LogP contribution in [0.3, 0.4) is 0 Å². The normalized spacial score (nSPS) is 10.3. The van der Waals surface area contributed by atoms with Gasteiger partial charge in [0.2, 0.25) is 0 Å². The molecule has 0 atom stereocenters. The van der Waals surface area contributed by atoms with Gasteiger partial charge in [-0.05, 0) is 19.1 Å². The minimum absolute atomic E-state index is 0.0195. The van der Waals surface area contributed by atoms with Crippen molar-refractivity contribution in [2.24, 2.45) is 0 Å². The maximum Gasteiger partial charge on any atom is 0.312 e. The average molecular weight is 295 g/mol. The Balaban J connectivity index is 2.20. The first-order valence-corrected chi connectivity index (χ1v) is 6.00. The van der Waals surface area contributed by atoms with E-state index < -0.39 is 4.92 Å². The summed E-state index contributed by atoms with van der Waals surface area (Å²) in [6.45, 7) is 1.75. The molecule has 1 aromatic heterocycles. The number of hydrogen-bond donors (Lipinski definition) is 1. The summed E-state index contributed by atoms with van der Waals surface area (Å²) in [6, 6.07) is 5.78. The Bertz CT molecular complexity index is 643. The summed E-state index contributed by atoms with van der Waals surface area (Å²) in [5, 5.41) is 11.2. The van der Waals surface area contributed by atoms with Gasteiger partial charge in [0.25, 0.3) is 0 Å². The quantitative estimate of drug-likeness (QED) is 0.686. The molecule has 0 amide bonds. The molecule has 1 heterocycles. The first-order chi connectivity index (χ1) is 9.45. The zero-order chi connectivity index (χ0) is 14.7. The van der Waals surface area contributed by atoms with Crippen LogP contribution in [-0.4, -0.2) is 14.9 Å². The van der Waals surface area contributed by atoms with E-state index in [-0.39, 0.29) is 23.1 Å². The summed E-state index contributed by atoms with van der Waals surface area (Å²) in [4.78, 5) is 18.5. The van der Waals surface area contributed by atoms with Crippen LogP contribution in [0.15, 0.2) is 24.3 Å². The monoisotopic (exact) mass is 294 g/mol.